The summed E-state index contributed by atoms with van der Waals surface area (Å²) in [6.07, 6.45) is 6.27. The first-order chi connectivity index (χ1) is 6.79. The third-order valence-corrected chi connectivity index (χ3v) is 3.23. The maximum atomic E-state index is 11.7. The third-order valence-electron chi connectivity index (χ3n) is 3.23. The number of rotatable bonds is 5. The lowest BCUT2D eigenvalue weighted by Crippen LogP contribution is -2.25. The highest BCUT2D eigenvalue weighted by Gasteiger charge is 2.30. The van der Waals surface area contributed by atoms with Crippen molar-refractivity contribution in [2.45, 2.75) is 50.7 Å². The fourth-order valence-corrected chi connectivity index (χ4v) is 2.03. The van der Waals surface area contributed by atoms with Crippen molar-refractivity contribution in [3.63, 3.8) is 0 Å². The minimum absolute atomic E-state index is 0.130. The van der Waals surface area contributed by atoms with Gasteiger partial charge in [-0.25, -0.2) is 0 Å². The zero-order valence-electron chi connectivity index (χ0n) is 8.58. The molecule has 1 aliphatic carbocycles. The van der Waals surface area contributed by atoms with Crippen molar-refractivity contribution in [3.05, 3.63) is 0 Å². The average molecular weight is 197 g/mol. The first-order valence-corrected chi connectivity index (χ1v) is 5.68. The number of hydrogen-bond acceptors (Lipinski definition) is 3. The molecule has 1 aliphatic heterocycles. The molecule has 3 nitrogen and oxygen atoms in total. The largest absolute Gasteiger partial charge is 0.366 e. The van der Waals surface area contributed by atoms with Gasteiger partial charge < -0.3 is 10.5 Å². The maximum absolute atomic E-state index is 11.7. The normalized spacial score (nSPS) is 32.1. The molecular weight excluding hydrogens is 178 g/mol. The van der Waals surface area contributed by atoms with Crippen LogP contribution in [0.4, 0.5) is 0 Å². The molecule has 0 aromatic heterocycles. The molecule has 2 unspecified atom stereocenters. The summed E-state index contributed by atoms with van der Waals surface area (Å²) in [5.74, 6) is 1.14. The van der Waals surface area contributed by atoms with Crippen LogP contribution in [0.2, 0.25) is 0 Å². The van der Waals surface area contributed by atoms with Crippen molar-refractivity contribution in [1.82, 2.24) is 0 Å². The van der Waals surface area contributed by atoms with Crippen LogP contribution in [0.3, 0.4) is 0 Å². The van der Waals surface area contributed by atoms with E-state index in [1.165, 1.54) is 12.8 Å². The molecule has 1 saturated heterocycles. The van der Waals surface area contributed by atoms with Crippen molar-refractivity contribution in [1.29, 1.82) is 0 Å². The molecule has 2 aliphatic rings. The van der Waals surface area contributed by atoms with E-state index in [1.54, 1.807) is 0 Å². The van der Waals surface area contributed by atoms with E-state index < -0.39 is 0 Å². The standard InChI is InChI=1S/C11H19NO2/c12-7-9-4-6-11(14-9)10(13)5-3-8-1-2-8/h8-9,11H,1-7,12H2. The lowest BCUT2D eigenvalue weighted by molar-refractivity contribution is -0.129. The molecule has 0 bridgehead atoms. The number of carbonyl (C=O) groups is 1. The van der Waals surface area contributed by atoms with Crippen LogP contribution in [0.5, 0.6) is 0 Å². The van der Waals surface area contributed by atoms with Crippen LogP contribution in [-0.2, 0) is 9.53 Å². The van der Waals surface area contributed by atoms with Crippen LogP contribution in [0.1, 0.15) is 38.5 Å². The molecule has 0 amide bonds. The van der Waals surface area contributed by atoms with Crippen LogP contribution in [-0.4, -0.2) is 24.5 Å². The van der Waals surface area contributed by atoms with Crippen molar-refractivity contribution in [2.75, 3.05) is 6.54 Å². The van der Waals surface area contributed by atoms with E-state index in [1.807, 2.05) is 0 Å². The zero-order valence-corrected chi connectivity index (χ0v) is 8.58. The molecule has 1 heterocycles. The quantitative estimate of drug-likeness (QED) is 0.721. The monoisotopic (exact) mass is 197 g/mol. The van der Waals surface area contributed by atoms with Gasteiger partial charge in [0.2, 0.25) is 0 Å². The number of ketones is 1. The molecule has 2 rings (SSSR count). The minimum Gasteiger partial charge on any atom is -0.366 e. The molecule has 0 aromatic carbocycles. The van der Waals surface area contributed by atoms with Gasteiger partial charge in [0, 0.05) is 13.0 Å². The fourth-order valence-electron chi connectivity index (χ4n) is 2.03. The molecule has 14 heavy (non-hydrogen) atoms. The van der Waals surface area contributed by atoms with Gasteiger partial charge >= 0.3 is 0 Å². The molecule has 2 N–H and O–H groups in total. The second kappa shape index (κ2) is 4.41. The van der Waals surface area contributed by atoms with Crippen LogP contribution >= 0.6 is 0 Å². The van der Waals surface area contributed by atoms with Crippen LogP contribution in [0.25, 0.3) is 0 Å². The Hall–Kier alpha value is -0.410. The molecular formula is C11H19NO2. The Balaban J connectivity index is 1.69. The summed E-state index contributed by atoms with van der Waals surface area (Å²) in [6, 6.07) is 0. The molecule has 80 valence electrons. The van der Waals surface area contributed by atoms with Gasteiger partial charge in [-0.2, -0.15) is 0 Å². The van der Waals surface area contributed by atoms with Gasteiger partial charge in [-0.3, -0.25) is 4.79 Å². The molecule has 0 spiro atoms. The lowest BCUT2D eigenvalue weighted by Gasteiger charge is -2.10. The van der Waals surface area contributed by atoms with Crippen molar-refractivity contribution in [3.8, 4) is 0 Å². The van der Waals surface area contributed by atoms with E-state index in [2.05, 4.69) is 0 Å². The molecule has 2 fully saturated rings. The van der Waals surface area contributed by atoms with Gasteiger partial charge in [0.15, 0.2) is 5.78 Å². The highest BCUT2D eigenvalue weighted by atomic mass is 16.5. The Morgan fingerprint density at radius 2 is 2.07 bits per heavy atom. The van der Waals surface area contributed by atoms with Crippen LogP contribution < -0.4 is 5.73 Å². The number of ether oxygens (including phenoxy) is 1. The van der Waals surface area contributed by atoms with Gasteiger partial charge in [-0.05, 0) is 25.2 Å². The summed E-state index contributed by atoms with van der Waals surface area (Å²) in [7, 11) is 0. The van der Waals surface area contributed by atoms with Gasteiger partial charge in [0.1, 0.15) is 6.10 Å². The summed E-state index contributed by atoms with van der Waals surface area (Å²) in [5, 5.41) is 0. The van der Waals surface area contributed by atoms with Gasteiger partial charge in [-0.1, -0.05) is 12.8 Å². The van der Waals surface area contributed by atoms with Gasteiger partial charge in [0.25, 0.3) is 0 Å². The van der Waals surface area contributed by atoms with Crippen molar-refractivity contribution < 1.29 is 9.53 Å². The Morgan fingerprint density at radius 3 is 2.64 bits per heavy atom. The number of hydrogen-bond donors (Lipinski definition) is 1. The van der Waals surface area contributed by atoms with Crippen LogP contribution in [0.15, 0.2) is 0 Å². The SMILES string of the molecule is NCC1CCC(C(=O)CCC2CC2)O1. The predicted octanol–water partition coefficient (Wildman–Crippen LogP) is 1.25. The third kappa shape index (κ3) is 2.55. The smallest absolute Gasteiger partial charge is 0.161 e. The summed E-state index contributed by atoms with van der Waals surface area (Å²) >= 11 is 0. The van der Waals surface area contributed by atoms with E-state index in [0.717, 1.165) is 25.2 Å². The fraction of sp³-hybridized carbons (Fsp3) is 0.909. The maximum Gasteiger partial charge on any atom is 0.161 e. The first-order valence-electron chi connectivity index (χ1n) is 5.68. The summed E-state index contributed by atoms with van der Waals surface area (Å²) < 4.78 is 5.55. The summed E-state index contributed by atoms with van der Waals surface area (Å²) in [4.78, 5) is 11.7. The minimum atomic E-state index is -0.137. The molecule has 0 radical (unpaired) electrons. The van der Waals surface area contributed by atoms with Crippen LogP contribution in [0, 0.1) is 5.92 Å². The Kier molecular flexibility index (Phi) is 3.19. The van der Waals surface area contributed by atoms with E-state index in [0.29, 0.717) is 18.7 Å². The van der Waals surface area contributed by atoms with Crippen molar-refractivity contribution >= 4 is 5.78 Å². The Labute approximate surface area is 85.0 Å². The second-order valence-corrected chi connectivity index (χ2v) is 4.51. The highest BCUT2D eigenvalue weighted by Crippen LogP contribution is 2.34. The average Bonchev–Trinajstić information content (AvgIpc) is 2.90. The first kappa shape index (κ1) is 10.1. The molecule has 1 saturated carbocycles. The molecule has 3 heteroatoms. The second-order valence-electron chi connectivity index (χ2n) is 4.51. The predicted molar refractivity (Wildman–Crippen MR) is 53.9 cm³/mol. The number of Topliss-reactive ketones (excluding diaryl/α,β-unsaturated/α-hetero) is 1. The molecule has 0 aromatic rings. The number of nitrogens with two attached hydrogens (primary N) is 1. The van der Waals surface area contributed by atoms with E-state index in [9.17, 15) is 4.79 Å². The Bertz CT molecular complexity index is 213. The van der Waals surface area contributed by atoms with Gasteiger partial charge in [-0.15, -0.1) is 0 Å². The topological polar surface area (TPSA) is 52.3 Å². The summed E-state index contributed by atoms with van der Waals surface area (Å²) in [6.45, 7) is 0.548. The molecule has 2 atom stereocenters. The van der Waals surface area contributed by atoms with Crippen molar-refractivity contribution in [2.24, 2.45) is 11.7 Å². The zero-order chi connectivity index (χ0) is 9.97. The highest BCUT2D eigenvalue weighted by molar-refractivity contribution is 5.83. The van der Waals surface area contributed by atoms with E-state index in [-0.39, 0.29) is 12.2 Å². The van der Waals surface area contributed by atoms with E-state index >= 15 is 0 Å². The van der Waals surface area contributed by atoms with E-state index in [4.69, 9.17) is 10.5 Å². The lowest BCUT2D eigenvalue weighted by atomic mass is 10.1. The number of carbonyl (C=O) groups excluding carboxylic acids is 1. The summed E-state index contributed by atoms with van der Waals surface area (Å²) in [5.41, 5.74) is 5.49. The Morgan fingerprint density at radius 1 is 1.29 bits per heavy atom. The van der Waals surface area contributed by atoms with Gasteiger partial charge in [0.05, 0.1) is 6.10 Å².